The summed E-state index contributed by atoms with van der Waals surface area (Å²) >= 11 is 3.06. The Bertz CT molecular complexity index is 965. The zero-order chi connectivity index (χ0) is 21.8. The Morgan fingerprint density at radius 1 is 1.24 bits per heavy atom. The zero-order valence-corrected chi connectivity index (χ0v) is 22.4. The summed E-state index contributed by atoms with van der Waals surface area (Å²) in [5, 5.41) is 14.3. The van der Waals surface area contributed by atoms with Crippen LogP contribution in [0, 0.1) is 11.3 Å². The van der Waals surface area contributed by atoms with Crippen LogP contribution in [0.15, 0.2) is 24.3 Å². The predicted octanol–water partition coefficient (Wildman–Crippen LogP) is 2.57. The standard InChI is InChI=1S/C20H25N7O2S2.3ClH/c21-9-15-12-30-13-26(15)19(29)11-27(22)14-5-7-25(8-6-14)10-18(28)24-20-23-16-3-1-2-4-17(16)31-20;;;/h1-4,14-15H,5-8,10-13,22H2,(H,23,24,28);3*1H. The van der Waals surface area contributed by atoms with Crippen molar-refractivity contribution < 1.29 is 9.59 Å². The minimum atomic E-state index is -0.360. The summed E-state index contributed by atoms with van der Waals surface area (Å²) < 4.78 is 1.05. The highest BCUT2D eigenvalue weighted by Gasteiger charge is 2.31. The molecular weight excluding hydrogens is 541 g/mol. The van der Waals surface area contributed by atoms with Crippen molar-refractivity contribution in [3.8, 4) is 6.07 Å². The lowest BCUT2D eigenvalue weighted by molar-refractivity contribution is -0.132. The Morgan fingerprint density at radius 3 is 2.62 bits per heavy atom. The molecule has 1 unspecified atom stereocenters. The number of nitriles is 1. The Labute approximate surface area is 225 Å². The fraction of sp³-hybridized carbons (Fsp3) is 0.500. The first-order valence-corrected chi connectivity index (χ1v) is 12.2. The third-order valence-corrected chi connectivity index (χ3v) is 7.57. The molecule has 4 rings (SSSR count). The molecule has 0 aliphatic carbocycles. The number of hydrogen-bond acceptors (Lipinski definition) is 9. The predicted molar refractivity (Wildman–Crippen MR) is 144 cm³/mol. The molecule has 2 amide bonds. The summed E-state index contributed by atoms with van der Waals surface area (Å²) in [5.74, 6) is 7.21. The number of nitrogens with zero attached hydrogens (tertiary/aromatic N) is 5. The minimum absolute atomic E-state index is 0. The summed E-state index contributed by atoms with van der Waals surface area (Å²) in [6.45, 7) is 1.89. The number of likely N-dealkylation sites (tertiary alicyclic amines) is 1. The third-order valence-electron chi connectivity index (χ3n) is 5.60. The fourth-order valence-corrected chi connectivity index (χ4v) is 5.85. The lowest BCUT2D eigenvalue weighted by Crippen LogP contribution is -2.53. The van der Waals surface area contributed by atoms with E-state index in [0.29, 0.717) is 23.3 Å². The number of para-hydroxylation sites is 1. The maximum absolute atomic E-state index is 12.5. The Balaban J connectivity index is 0.00000193. The number of fused-ring (bicyclic) bond motifs is 1. The molecule has 0 spiro atoms. The van der Waals surface area contributed by atoms with Crippen molar-refractivity contribution in [3.05, 3.63) is 24.3 Å². The molecule has 3 heterocycles. The molecule has 3 N–H and O–H groups in total. The lowest BCUT2D eigenvalue weighted by atomic mass is 10.0. The highest BCUT2D eigenvalue weighted by atomic mass is 35.5. The van der Waals surface area contributed by atoms with Crippen LogP contribution < -0.4 is 11.2 Å². The summed E-state index contributed by atoms with van der Waals surface area (Å²) in [7, 11) is 0. The van der Waals surface area contributed by atoms with Crippen molar-refractivity contribution in [1.82, 2.24) is 19.8 Å². The number of anilines is 1. The fourth-order valence-electron chi connectivity index (χ4n) is 3.87. The van der Waals surface area contributed by atoms with Gasteiger partial charge in [-0.2, -0.15) is 5.26 Å². The highest BCUT2D eigenvalue weighted by molar-refractivity contribution is 7.99. The molecule has 2 aliphatic rings. The van der Waals surface area contributed by atoms with Crippen LogP contribution in [-0.2, 0) is 9.59 Å². The van der Waals surface area contributed by atoms with Gasteiger partial charge in [0.05, 0.1) is 35.3 Å². The van der Waals surface area contributed by atoms with Gasteiger partial charge in [0, 0.05) is 24.9 Å². The average Bonchev–Trinajstić information content (AvgIpc) is 3.40. The smallest absolute Gasteiger partial charge is 0.240 e. The number of carbonyl (C=O) groups is 2. The van der Waals surface area contributed by atoms with E-state index in [-0.39, 0.29) is 67.7 Å². The number of carbonyl (C=O) groups excluding carboxylic acids is 2. The molecule has 0 radical (unpaired) electrons. The van der Waals surface area contributed by atoms with Gasteiger partial charge in [0.2, 0.25) is 11.8 Å². The number of hydrogen-bond donors (Lipinski definition) is 2. The normalized spacial score (nSPS) is 18.5. The molecular formula is C20H28Cl3N7O2S2. The third kappa shape index (κ3) is 7.57. The Morgan fingerprint density at radius 2 is 1.94 bits per heavy atom. The Hall–Kier alpha value is -1.36. The van der Waals surface area contributed by atoms with Gasteiger partial charge in [-0.15, -0.1) is 49.0 Å². The molecule has 2 aliphatic heterocycles. The van der Waals surface area contributed by atoms with E-state index in [1.54, 1.807) is 21.7 Å². The molecule has 1 aromatic heterocycles. The van der Waals surface area contributed by atoms with E-state index >= 15 is 0 Å². The number of thiazole rings is 1. The number of nitrogens with one attached hydrogen (secondary N) is 1. The van der Waals surface area contributed by atoms with E-state index in [1.807, 2.05) is 24.3 Å². The SMILES string of the molecule is Cl.Cl.Cl.N#CC1CSCN1C(=O)CN(N)C1CCN(CC(=O)Nc2nc3ccccc3s2)CC1. The molecule has 9 nitrogen and oxygen atoms in total. The van der Waals surface area contributed by atoms with Crippen molar-refractivity contribution in [2.24, 2.45) is 5.84 Å². The largest absolute Gasteiger partial charge is 0.315 e. The first kappa shape index (κ1) is 30.7. The monoisotopic (exact) mass is 567 g/mol. The molecule has 34 heavy (non-hydrogen) atoms. The molecule has 2 aromatic rings. The molecule has 2 fully saturated rings. The van der Waals surface area contributed by atoms with E-state index in [9.17, 15) is 9.59 Å². The lowest BCUT2D eigenvalue weighted by Gasteiger charge is -2.36. The quantitative estimate of drug-likeness (QED) is 0.403. The summed E-state index contributed by atoms with van der Waals surface area (Å²) in [6, 6.07) is 9.70. The van der Waals surface area contributed by atoms with Crippen LogP contribution in [0.5, 0.6) is 0 Å². The molecule has 2 saturated heterocycles. The number of thioether (sulfide) groups is 1. The van der Waals surface area contributed by atoms with Crippen molar-refractivity contribution >= 4 is 87.5 Å². The van der Waals surface area contributed by atoms with Crippen LogP contribution >= 0.6 is 60.3 Å². The molecule has 188 valence electrons. The molecule has 14 heteroatoms. The van der Waals surface area contributed by atoms with Crippen LogP contribution in [-0.4, -0.2) is 81.5 Å². The van der Waals surface area contributed by atoms with Gasteiger partial charge < -0.3 is 10.2 Å². The van der Waals surface area contributed by atoms with E-state index in [2.05, 4.69) is 21.3 Å². The Kier molecular flexibility index (Phi) is 12.9. The number of rotatable bonds is 6. The average molecular weight is 569 g/mol. The van der Waals surface area contributed by atoms with E-state index < -0.39 is 0 Å². The van der Waals surface area contributed by atoms with E-state index in [0.717, 1.165) is 36.1 Å². The second-order valence-corrected chi connectivity index (χ2v) is 9.75. The van der Waals surface area contributed by atoms with Crippen molar-refractivity contribution in [1.29, 1.82) is 5.26 Å². The van der Waals surface area contributed by atoms with Crippen LogP contribution in [0.25, 0.3) is 10.2 Å². The first-order valence-electron chi connectivity index (χ1n) is 10.2. The van der Waals surface area contributed by atoms with Gasteiger partial charge in [0.25, 0.3) is 0 Å². The maximum Gasteiger partial charge on any atom is 0.240 e. The van der Waals surface area contributed by atoms with Crippen LogP contribution in [0.3, 0.4) is 0 Å². The number of amides is 2. The van der Waals surface area contributed by atoms with Gasteiger partial charge in [0.15, 0.2) is 5.13 Å². The van der Waals surface area contributed by atoms with Crippen molar-refractivity contribution in [3.63, 3.8) is 0 Å². The second kappa shape index (κ2) is 14.3. The second-order valence-electron chi connectivity index (χ2n) is 7.72. The van der Waals surface area contributed by atoms with Gasteiger partial charge in [-0.3, -0.25) is 20.3 Å². The van der Waals surface area contributed by atoms with Crippen LogP contribution in [0.1, 0.15) is 12.8 Å². The van der Waals surface area contributed by atoms with Gasteiger partial charge >= 0.3 is 0 Å². The highest BCUT2D eigenvalue weighted by Crippen LogP contribution is 2.25. The van der Waals surface area contributed by atoms with Gasteiger partial charge in [-0.25, -0.2) is 9.99 Å². The number of halogens is 3. The van der Waals surface area contributed by atoms with Gasteiger partial charge in [-0.05, 0) is 25.0 Å². The van der Waals surface area contributed by atoms with E-state index in [1.165, 1.54) is 11.3 Å². The van der Waals surface area contributed by atoms with Crippen molar-refractivity contribution in [2.45, 2.75) is 24.9 Å². The van der Waals surface area contributed by atoms with Gasteiger partial charge in [-0.1, -0.05) is 23.5 Å². The molecule has 1 atom stereocenters. The van der Waals surface area contributed by atoms with E-state index in [4.69, 9.17) is 11.1 Å². The van der Waals surface area contributed by atoms with Crippen LogP contribution in [0.4, 0.5) is 5.13 Å². The molecule has 1 aromatic carbocycles. The summed E-state index contributed by atoms with van der Waals surface area (Å²) in [4.78, 5) is 33.1. The topological polar surface area (TPSA) is 119 Å². The van der Waals surface area contributed by atoms with Crippen molar-refractivity contribution in [2.75, 3.05) is 43.1 Å². The maximum atomic E-state index is 12.5. The van der Waals surface area contributed by atoms with Crippen LogP contribution in [0.2, 0.25) is 0 Å². The summed E-state index contributed by atoms with van der Waals surface area (Å²) in [5.41, 5.74) is 0.884. The first-order chi connectivity index (χ1) is 15.0. The number of nitrogens with two attached hydrogens (primary N) is 1. The number of aromatic nitrogens is 1. The zero-order valence-electron chi connectivity index (χ0n) is 18.3. The van der Waals surface area contributed by atoms with Gasteiger partial charge in [0.1, 0.15) is 6.04 Å². The summed E-state index contributed by atoms with van der Waals surface area (Å²) in [6.07, 6.45) is 1.57. The number of piperidine rings is 1. The molecule has 0 saturated carbocycles. The number of hydrazine groups is 1. The molecule has 0 bridgehead atoms. The minimum Gasteiger partial charge on any atom is -0.315 e. The number of benzene rings is 1.